The van der Waals surface area contributed by atoms with Crippen molar-refractivity contribution < 1.29 is 0 Å². The molecule has 3 heteroatoms. The first-order valence-electron chi connectivity index (χ1n) is 6.85. The number of anilines is 1. The molecule has 1 aromatic carbocycles. The Morgan fingerprint density at radius 2 is 2.00 bits per heavy atom. The molecule has 0 unspecified atom stereocenters. The molecule has 0 amide bonds. The van der Waals surface area contributed by atoms with Crippen molar-refractivity contribution in [2.45, 2.75) is 34.1 Å². The van der Waals surface area contributed by atoms with Crippen LogP contribution in [0.3, 0.4) is 0 Å². The minimum Gasteiger partial charge on any atom is -0.385 e. The van der Waals surface area contributed by atoms with E-state index in [-0.39, 0.29) is 0 Å². The first-order valence-corrected chi connectivity index (χ1v) is 7.64. The van der Waals surface area contributed by atoms with Crippen LogP contribution in [-0.4, -0.2) is 11.5 Å². The lowest BCUT2D eigenvalue weighted by atomic mass is 10.0. The van der Waals surface area contributed by atoms with Gasteiger partial charge >= 0.3 is 0 Å². The maximum absolute atomic E-state index is 4.84. The molecule has 0 radical (unpaired) electrons. The molecule has 0 aliphatic carbocycles. The third kappa shape index (κ3) is 3.27. The molecule has 0 saturated carbocycles. The summed E-state index contributed by atoms with van der Waals surface area (Å²) in [6.45, 7) is 9.63. The van der Waals surface area contributed by atoms with Gasteiger partial charge in [0.15, 0.2) is 0 Å². The fourth-order valence-corrected chi connectivity index (χ4v) is 2.94. The average Bonchev–Trinajstić information content (AvgIpc) is 2.30. The standard InChI is InChI=1S/C16H21BrN2/c1-5-18-15-9-13(6-10(2)3)19-16-11(4)7-12(17)8-14(15)16/h7-10H,5-6H2,1-4H3,(H,18,19). The highest BCUT2D eigenvalue weighted by molar-refractivity contribution is 9.10. The smallest absolute Gasteiger partial charge is 0.0755 e. The van der Waals surface area contributed by atoms with Crippen molar-refractivity contribution in [1.82, 2.24) is 4.98 Å². The van der Waals surface area contributed by atoms with Crippen LogP contribution in [0.4, 0.5) is 5.69 Å². The van der Waals surface area contributed by atoms with Crippen molar-refractivity contribution in [2.24, 2.45) is 5.92 Å². The van der Waals surface area contributed by atoms with Gasteiger partial charge < -0.3 is 5.32 Å². The van der Waals surface area contributed by atoms with E-state index in [1.54, 1.807) is 0 Å². The van der Waals surface area contributed by atoms with Gasteiger partial charge in [-0.1, -0.05) is 29.8 Å². The summed E-state index contributed by atoms with van der Waals surface area (Å²) in [5.74, 6) is 0.621. The molecule has 0 aliphatic rings. The molecular weight excluding hydrogens is 300 g/mol. The number of hydrogen-bond donors (Lipinski definition) is 1. The number of rotatable bonds is 4. The van der Waals surface area contributed by atoms with Gasteiger partial charge in [-0.3, -0.25) is 4.98 Å². The fraction of sp³-hybridized carbons (Fsp3) is 0.438. The molecule has 0 spiro atoms. The summed E-state index contributed by atoms with van der Waals surface area (Å²) >= 11 is 3.57. The Morgan fingerprint density at radius 1 is 1.26 bits per heavy atom. The van der Waals surface area contributed by atoms with Crippen LogP contribution >= 0.6 is 15.9 Å². The number of benzene rings is 1. The zero-order valence-corrected chi connectivity index (χ0v) is 13.6. The summed E-state index contributed by atoms with van der Waals surface area (Å²) < 4.78 is 1.11. The third-order valence-electron chi connectivity index (χ3n) is 3.11. The summed E-state index contributed by atoms with van der Waals surface area (Å²) in [6.07, 6.45) is 1.02. The molecule has 1 heterocycles. The van der Waals surface area contributed by atoms with Crippen molar-refractivity contribution in [2.75, 3.05) is 11.9 Å². The first-order chi connectivity index (χ1) is 9.01. The van der Waals surface area contributed by atoms with E-state index in [9.17, 15) is 0 Å². The Hall–Kier alpha value is -1.09. The molecule has 1 N–H and O–H groups in total. The number of fused-ring (bicyclic) bond motifs is 1. The zero-order valence-electron chi connectivity index (χ0n) is 12.0. The van der Waals surface area contributed by atoms with Gasteiger partial charge in [0, 0.05) is 27.8 Å². The van der Waals surface area contributed by atoms with E-state index in [0.717, 1.165) is 23.0 Å². The fourth-order valence-electron chi connectivity index (χ4n) is 2.37. The van der Waals surface area contributed by atoms with Gasteiger partial charge in [0.25, 0.3) is 0 Å². The summed E-state index contributed by atoms with van der Waals surface area (Å²) in [6, 6.07) is 6.47. The highest BCUT2D eigenvalue weighted by Crippen LogP contribution is 2.29. The molecule has 0 fully saturated rings. The second-order valence-electron chi connectivity index (χ2n) is 5.41. The van der Waals surface area contributed by atoms with Crippen molar-refractivity contribution in [3.05, 3.63) is 33.9 Å². The van der Waals surface area contributed by atoms with Gasteiger partial charge in [-0.2, -0.15) is 0 Å². The molecule has 0 atom stereocenters. The van der Waals surface area contributed by atoms with E-state index in [1.165, 1.54) is 22.3 Å². The van der Waals surface area contributed by atoms with Crippen LogP contribution in [0.15, 0.2) is 22.7 Å². The molecular formula is C16H21BrN2. The van der Waals surface area contributed by atoms with Crippen LogP contribution in [0.25, 0.3) is 10.9 Å². The monoisotopic (exact) mass is 320 g/mol. The van der Waals surface area contributed by atoms with Gasteiger partial charge in [0.2, 0.25) is 0 Å². The number of nitrogens with one attached hydrogen (secondary N) is 1. The Morgan fingerprint density at radius 3 is 2.63 bits per heavy atom. The number of pyridine rings is 1. The van der Waals surface area contributed by atoms with Crippen LogP contribution in [-0.2, 0) is 6.42 Å². The molecule has 102 valence electrons. The maximum Gasteiger partial charge on any atom is 0.0755 e. The van der Waals surface area contributed by atoms with Crippen molar-refractivity contribution in [1.29, 1.82) is 0 Å². The van der Waals surface area contributed by atoms with Crippen LogP contribution in [0, 0.1) is 12.8 Å². The summed E-state index contributed by atoms with van der Waals surface area (Å²) in [5.41, 5.74) is 4.68. The average molecular weight is 321 g/mol. The minimum absolute atomic E-state index is 0.621. The second-order valence-corrected chi connectivity index (χ2v) is 6.32. The number of hydrogen-bond acceptors (Lipinski definition) is 2. The summed E-state index contributed by atoms with van der Waals surface area (Å²) in [5, 5.41) is 4.65. The number of halogens is 1. The molecule has 2 aromatic rings. The summed E-state index contributed by atoms with van der Waals surface area (Å²) in [4.78, 5) is 4.84. The Kier molecular flexibility index (Phi) is 4.46. The maximum atomic E-state index is 4.84. The normalized spacial score (nSPS) is 11.3. The summed E-state index contributed by atoms with van der Waals surface area (Å²) in [7, 11) is 0. The quantitative estimate of drug-likeness (QED) is 0.863. The largest absolute Gasteiger partial charge is 0.385 e. The highest BCUT2D eigenvalue weighted by atomic mass is 79.9. The number of nitrogens with zero attached hydrogens (tertiary/aromatic N) is 1. The SMILES string of the molecule is CCNc1cc(CC(C)C)nc2c(C)cc(Br)cc12. The van der Waals surface area contributed by atoms with Crippen molar-refractivity contribution in [3.63, 3.8) is 0 Å². The predicted molar refractivity (Wildman–Crippen MR) is 86.9 cm³/mol. The van der Waals surface area contributed by atoms with Gasteiger partial charge in [0.1, 0.15) is 0 Å². The van der Waals surface area contributed by atoms with Crippen LogP contribution in [0.2, 0.25) is 0 Å². The Labute approximate surface area is 123 Å². The zero-order chi connectivity index (χ0) is 14.0. The lowest BCUT2D eigenvalue weighted by Crippen LogP contribution is -2.03. The van der Waals surface area contributed by atoms with Crippen LogP contribution in [0.1, 0.15) is 32.0 Å². The van der Waals surface area contributed by atoms with Crippen LogP contribution < -0.4 is 5.32 Å². The lowest BCUT2D eigenvalue weighted by Gasteiger charge is -2.13. The second kappa shape index (κ2) is 5.91. The van der Waals surface area contributed by atoms with E-state index in [2.05, 4.69) is 67.1 Å². The number of aromatic nitrogens is 1. The first kappa shape index (κ1) is 14.3. The molecule has 0 aliphatic heterocycles. The molecule has 2 nitrogen and oxygen atoms in total. The van der Waals surface area contributed by atoms with Crippen molar-refractivity contribution >= 4 is 32.5 Å². The van der Waals surface area contributed by atoms with Crippen molar-refractivity contribution in [3.8, 4) is 0 Å². The topological polar surface area (TPSA) is 24.9 Å². The van der Waals surface area contributed by atoms with Gasteiger partial charge in [0.05, 0.1) is 5.52 Å². The minimum atomic E-state index is 0.621. The Balaban J connectivity index is 2.64. The highest BCUT2D eigenvalue weighted by Gasteiger charge is 2.09. The third-order valence-corrected chi connectivity index (χ3v) is 3.56. The molecule has 0 saturated heterocycles. The van der Waals surface area contributed by atoms with E-state index >= 15 is 0 Å². The van der Waals surface area contributed by atoms with Gasteiger partial charge in [-0.05, 0) is 49.9 Å². The molecule has 19 heavy (non-hydrogen) atoms. The molecule has 2 rings (SSSR count). The molecule has 0 bridgehead atoms. The predicted octanol–water partition coefficient (Wildman–Crippen LogP) is 4.94. The van der Waals surface area contributed by atoms with Gasteiger partial charge in [-0.15, -0.1) is 0 Å². The van der Waals surface area contributed by atoms with Crippen LogP contribution in [0.5, 0.6) is 0 Å². The number of aryl methyl sites for hydroxylation is 1. The van der Waals surface area contributed by atoms with E-state index < -0.39 is 0 Å². The molecule has 1 aromatic heterocycles. The van der Waals surface area contributed by atoms with E-state index in [0.29, 0.717) is 5.92 Å². The lowest BCUT2D eigenvalue weighted by molar-refractivity contribution is 0.637. The van der Waals surface area contributed by atoms with Gasteiger partial charge in [-0.25, -0.2) is 0 Å². The Bertz CT molecular complexity index is 591. The van der Waals surface area contributed by atoms with E-state index in [4.69, 9.17) is 4.98 Å². The van der Waals surface area contributed by atoms with E-state index in [1.807, 2.05) is 0 Å².